The molecule has 3 N–H and O–H groups in total. The first-order valence-corrected chi connectivity index (χ1v) is 5.51. The second kappa shape index (κ2) is 4.28. The summed E-state index contributed by atoms with van der Waals surface area (Å²) >= 11 is 0. The molecule has 1 atom stereocenters. The van der Waals surface area contributed by atoms with Gasteiger partial charge in [0.15, 0.2) is 0 Å². The number of amides is 1. The fourth-order valence-electron chi connectivity index (χ4n) is 1.94. The molecule has 0 radical (unpaired) electrons. The molecular formula is C10H19N3O. The average molecular weight is 197 g/mol. The molecule has 2 rings (SSSR count). The summed E-state index contributed by atoms with van der Waals surface area (Å²) < 4.78 is 0. The molecule has 2 aliphatic rings. The van der Waals surface area contributed by atoms with Crippen molar-refractivity contribution >= 4 is 5.91 Å². The monoisotopic (exact) mass is 197 g/mol. The zero-order valence-corrected chi connectivity index (χ0v) is 8.54. The lowest BCUT2D eigenvalue weighted by molar-refractivity contribution is -0.132. The molecule has 80 valence electrons. The van der Waals surface area contributed by atoms with E-state index in [-0.39, 0.29) is 11.9 Å². The maximum absolute atomic E-state index is 11.8. The largest absolute Gasteiger partial charge is 0.340 e. The van der Waals surface area contributed by atoms with Crippen LogP contribution >= 0.6 is 0 Å². The van der Waals surface area contributed by atoms with E-state index in [2.05, 4.69) is 5.32 Å². The summed E-state index contributed by atoms with van der Waals surface area (Å²) in [6.45, 7) is 3.53. The molecule has 1 unspecified atom stereocenters. The number of hydrogen-bond acceptors (Lipinski definition) is 3. The van der Waals surface area contributed by atoms with Crippen LogP contribution in [0.2, 0.25) is 0 Å². The van der Waals surface area contributed by atoms with Crippen LogP contribution in [-0.2, 0) is 4.79 Å². The fourth-order valence-corrected chi connectivity index (χ4v) is 1.94. The van der Waals surface area contributed by atoms with Gasteiger partial charge in [0.2, 0.25) is 5.91 Å². The summed E-state index contributed by atoms with van der Waals surface area (Å²) in [6, 6.07) is 0.109. The molecule has 1 aliphatic heterocycles. The number of nitrogens with zero attached hydrogens (tertiary/aromatic N) is 1. The van der Waals surface area contributed by atoms with Crippen molar-refractivity contribution < 1.29 is 4.79 Å². The molecule has 0 aromatic heterocycles. The lowest BCUT2D eigenvalue weighted by atomic mass is 10.1. The van der Waals surface area contributed by atoms with Gasteiger partial charge in [0.25, 0.3) is 0 Å². The highest BCUT2D eigenvalue weighted by atomic mass is 16.2. The van der Waals surface area contributed by atoms with E-state index in [0.717, 1.165) is 26.2 Å². The Balaban J connectivity index is 1.75. The van der Waals surface area contributed by atoms with Gasteiger partial charge < -0.3 is 16.0 Å². The zero-order valence-electron chi connectivity index (χ0n) is 8.54. The normalized spacial score (nSPS) is 24.8. The van der Waals surface area contributed by atoms with E-state index in [0.29, 0.717) is 12.3 Å². The van der Waals surface area contributed by atoms with Gasteiger partial charge in [0.1, 0.15) is 0 Å². The minimum absolute atomic E-state index is 0.109. The lowest BCUT2D eigenvalue weighted by Crippen LogP contribution is -2.47. The van der Waals surface area contributed by atoms with Crippen LogP contribution in [0.4, 0.5) is 0 Å². The van der Waals surface area contributed by atoms with Crippen LogP contribution in [-0.4, -0.2) is 43.0 Å². The van der Waals surface area contributed by atoms with Crippen molar-refractivity contribution in [1.29, 1.82) is 0 Å². The molecule has 2 fully saturated rings. The Morgan fingerprint density at radius 1 is 1.43 bits per heavy atom. The van der Waals surface area contributed by atoms with Gasteiger partial charge in [-0.15, -0.1) is 0 Å². The van der Waals surface area contributed by atoms with Crippen molar-refractivity contribution in [3.8, 4) is 0 Å². The summed E-state index contributed by atoms with van der Waals surface area (Å²) in [5.74, 6) is 0.868. The number of hydrogen-bond donors (Lipinski definition) is 2. The molecule has 0 bridgehead atoms. The second-order valence-corrected chi connectivity index (χ2v) is 4.34. The second-order valence-electron chi connectivity index (χ2n) is 4.34. The molecule has 4 heteroatoms. The van der Waals surface area contributed by atoms with Crippen LogP contribution in [0.25, 0.3) is 0 Å². The summed E-state index contributed by atoms with van der Waals surface area (Å²) in [7, 11) is 0. The van der Waals surface area contributed by atoms with E-state index < -0.39 is 0 Å². The highest BCUT2D eigenvalue weighted by Gasteiger charge is 2.31. The summed E-state index contributed by atoms with van der Waals surface area (Å²) in [5, 5.41) is 3.23. The number of nitrogens with two attached hydrogens (primary N) is 1. The molecule has 0 spiro atoms. The Hall–Kier alpha value is -0.610. The van der Waals surface area contributed by atoms with Crippen LogP contribution in [0, 0.1) is 5.92 Å². The topological polar surface area (TPSA) is 58.4 Å². The quantitative estimate of drug-likeness (QED) is 0.644. The maximum Gasteiger partial charge on any atom is 0.224 e. The zero-order chi connectivity index (χ0) is 9.97. The fraction of sp³-hybridized carbons (Fsp3) is 0.900. The summed E-state index contributed by atoms with van der Waals surface area (Å²) in [5.41, 5.74) is 5.92. The molecule has 4 nitrogen and oxygen atoms in total. The van der Waals surface area contributed by atoms with Crippen molar-refractivity contribution in [2.45, 2.75) is 25.3 Å². The predicted molar refractivity (Wildman–Crippen MR) is 54.8 cm³/mol. The molecule has 0 aromatic carbocycles. The van der Waals surface area contributed by atoms with E-state index >= 15 is 0 Å². The Morgan fingerprint density at radius 3 is 2.64 bits per heavy atom. The summed E-state index contributed by atoms with van der Waals surface area (Å²) in [4.78, 5) is 13.7. The number of rotatable bonds is 3. The van der Waals surface area contributed by atoms with Crippen LogP contribution < -0.4 is 11.1 Å². The molecule has 1 saturated heterocycles. The van der Waals surface area contributed by atoms with Crippen LogP contribution in [0.3, 0.4) is 0 Å². The molecule has 1 saturated carbocycles. The Labute approximate surface area is 84.8 Å². The third-order valence-electron chi connectivity index (χ3n) is 3.11. The van der Waals surface area contributed by atoms with Gasteiger partial charge in [0.05, 0.1) is 0 Å². The summed E-state index contributed by atoms with van der Waals surface area (Å²) in [6.07, 6.45) is 2.98. The minimum atomic E-state index is 0.109. The van der Waals surface area contributed by atoms with Crippen molar-refractivity contribution in [1.82, 2.24) is 10.2 Å². The van der Waals surface area contributed by atoms with E-state index in [1.54, 1.807) is 0 Å². The van der Waals surface area contributed by atoms with E-state index in [1.807, 2.05) is 4.90 Å². The standard InChI is InChI=1S/C10H19N3O/c11-9(8-1-2-8)7-10(14)13-5-3-12-4-6-13/h8-9,12H,1-7,11H2. The first kappa shape index (κ1) is 9.93. The Morgan fingerprint density at radius 2 is 2.07 bits per heavy atom. The van der Waals surface area contributed by atoms with Crippen LogP contribution in [0.15, 0.2) is 0 Å². The van der Waals surface area contributed by atoms with E-state index in [4.69, 9.17) is 5.73 Å². The molecule has 1 heterocycles. The molecule has 1 amide bonds. The van der Waals surface area contributed by atoms with Gasteiger partial charge in [-0.05, 0) is 18.8 Å². The van der Waals surface area contributed by atoms with Gasteiger partial charge in [-0.2, -0.15) is 0 Å². The van der Waals surface area contributed by atoms with Gasteiger partial charge in [0, 0.05) is 38.6 Å². The molecular weight excluding hydrogens is 178 g/mol. The van der Waals surface area contributed by atoms with Gasteiger partial charge in [-0.1, -0.05) is 0 Å². The van der Waals surface area contributed by atoms with Crippen molar-refractivity contribution in [3.05, 3.63) is 0 Å². The average Bonchev–Trinajstić information content (AvgIpc) is 3.02. The van der Waals surface area contributed by atoms with E-state index in [1.165, 1.54) is 12.8 Å². The first-order chi connectivity index (χ1) is 6.77. The highest BCUT2D eigenvalue weighted by Crippen LogP contribution is 2.32. The molecule has 1 aliphatic carbocycles. The number of carbonyl (C=O) groups excluding carboxylic acids is 1. The SMILES string of the molecule is NC(CC(=O)N1CCNCC1)C1CC1. The third kappa shape index (κ3) is 2.45. The van der Waals surface area contributed by atoms with Crippen molar-refractivity contribution in [2.24, 2.45) is 11.7 Å². The lowest BCUT2D eigenvalue weighted by Gasteiger charge is -2.28. The Kier molecular flexibility index (Phi) is 3.03. The predicted octanol–water partition coefficient (Wildman–Crippen LogP) is -0.454. The van der Waals surface area contributed by atoms with Gasteiger partial charge in [-0.3, -0.25) is 4.79 Å². The Bertz CT molecular complexity index is 209. The third-order valence-corrected chi connectivity index (χ3v) is 3.11. The maximum atomic E-state index is 11.8. The number of nitrogens with one attached hydrogen (secondary N) is 1. The number of piperazine rings is 1. The van der Waals surface area contributed by atoms with Crippen LogP contribution in [0.1, 0.15) is 19.3 Å². The smallest absolute Gasteiger partial charge is 0.224 e. The van der Waals surface area contributed by atoms with Crippen LogP contribution in [0.5, 0.6) is 0 Å². The molecule has 14 heavy (non-hydrogen) atoms. The first-order valence-electron chi connectivity index (χ1n) is 5.51. The van der Waals surface area contributed by atoms with Gasteiger partial charge in [-0.25, -0.2) is 0 Å². The molecule has 0 aromatic rings. The van der Waals surface area contributed by atoms with E-state index in [9.17, 15) is 4.79 Å². The van der Waals surface area contributed by atoms with Gasteiger partial charge >= 0.3 is 0 Å². The van der Waals surface area contributed by atoms with Crippen molar-refractivity contribution in [2.75, 3.05) is 26.2 Å². The number of carbonyl (C=O) groups is 1. The highest BCUT2D eigenvalue weighted by molar-refractivity contribution is 5.77. The van der Waals surface area contributed by atoms with Crippen molar-refractivity contribution in [3.63, 3.8) is 0 Å². The minimum Gasteiger partial charge on any atom is -0.340 e.